The van der Waals surface area contributed by atoms with E-state index in [0.29, 0.717) is 24.6 Å². The molecule has 104 valence electrons. The third kappa shape index (κ3) is 2.24. The van der Waals surface area contributed by atoms with E-state index in [1.54, 1.807) is 18.0 Å². The molecule has 1 saturated heterocycles. The van der Waals surface area contributed by atoms with Gasteiger partial charge in [0, 0.05) is 42.2 Å². The number of rotatable bonds is 3. The van der Waals surface area contributed by atoms with E-state index in [0.717, 1.165) is 11.4 Å². The largest absolute Gasteiger partial charge is 0.341 e. The van der Waals surface area contributed by atoms with Crippen LogP contribution in [0.1, 0.15) is 22.9 Å². The summed E-state index contributed by atoms with van der Waals surface area (Å²) in [4.78, 5) is 29.7. The summed E-state index contributed by atoms with van der Waals surface area (Å²) in [7, 11) is 0. The first-order valence-corrected chi connectivity index (χ1v) is 6.60. The molecule has 1 aliphatic rings. The average molecular weight is 272 g/mol. The Hall–Kier alpha value is -2.37. The van der Waals surface area contributed by atoms with Crippen LogP contribution in [0.15, 0.2) is 29.2 Å². The Morgan fingerprint density at radius 1 is 1.40 bits per heavy atom. The molecule has 1 amide bonds. The summed E-state index contributed by atoms with van der Waals surface area (Å²) in [6, 6.07) is 5.81. The molecule has 0 radical (unpaired) electrons. The van der Waals surface area contributed by atoms with Gasteiger partial charge in [0.05, 0.1) is 6.42 Å². The third-order valence-electron chi connectivity index (χ3n) is 3.76. The zero-order chi connectivity index (χ0) is 14.1. The van der Waals surface area contributed by atoms with Gasteiger partial charge in [-0.15, -0.1) is 0 Å². The topological polar surface area (TPSA) is 81.8 Å². The fourth-order valence-electron chi connectivity index (χ4n) is 2.43. The maximum atomic E-state index is 12.1. The van der Waals surface area contributed by atoms with Gasteiger partial charge >= 0.3 is 0 Å². The molecule has 0 spiro atoms. The molecule has 0 bridgehead atoms. The van der Waals surface area contributed by atoms with Gasteiger partial charge in [-0.1, -0.05) is 6.07 Å². The van der Waals surface area contributed by atoms with Crippen molar-refractivity contribution < 1.29 is 4.79 Å². The molecule has 20 heavy (non-hydrogen) atoms. The van der Waals surface area contributed by atoms with Crippen molar-refractivity contribution in [1.82, 2.24) is 20.1 Å². The van der Waals surface area contributed by atoms with Crippen LogP contribution in [0.5, 0.6) is 0 Å². The number of carbonyl (C=O) groups excluding carboxylic acids is 1. The second-order valence-corrected chi connectivity index (χ2v) is 5.11. The van der Waals surface area contributed by atoms with E-state index in [1.807, 2.05) is 18.2 Å². The van der Waals surface area contributed by atoms with Crippen molar-refractivity contribution in [3.63, 3.8) is 0 Å². The van der Waals surface area contributed by atoms with Crippen LogP contribution < -0.4 is 5.56 Å². The smallest absolute Gasteiger partial charge is 0.267 e. The van der Waals surface area contributed by atoms with Crippen LogP contribution in [0.4, 0.5) is 0 Å². The standard InChI is InChI=1S/C14H16N4O2/c1-9-11(14(20)17-16-9)6-13(19)18-7-10(8-18)12-4-2-3-5-15-12/h2-5,10H,6-8H2,1H3,(H2,16,17,20). The normalized spacial score (nSPS) is 15.2. The number of hydrogen-bond acceptors (Lipinski definition) is 3. The first-order valence-electron chi connectivity index (χ1n) is 6.60. The van der Waals surface area contributed by atoms with Gasteiger partial charge in [0.1, 0.15) is 0 Å². The number of aromatic nitrogens is 3. The molecule has 6 heteroatoms. The predicted molar refractivity (Wildman–Crippen MR) is 73.4 cm³/mol. The number of nitrogens with zero attached hydrogens (tertiary/aromatic N) is 2. The molecule has 0 unspecified atom stereocenters. The van der Waals surface area contributed by atoms with Gasteiger partial charge in [0.15, 0.2) is 0 Å². The molecule has 1 aliphatic heterocycles. The van der Waals surface area contributed by atoms with Crippen LogP contribution in [0.25, 0.3) is 0 Å². The minimum Gasteiger partial charge on any atom is -0.341 e. The maximum absolute atomic E-state index is 12.1. The van der Waals surface area contributed by atoms with Crippen molar-refractivity contribution in [3.05, 3.63) is 51.7 Å². The summed E-state index contributed by atoms with van der Waals surface area (Å²) in [5, 5.41) is 5.22. The van der Waals surface area contributed by atoms with Gasteiger partial charge in [-0.25, -0.2) is 0 Å². The monoisotopic (exact) mass is 272 g/mol. The van der Waals surface area contributed by atoms with Gasteiger partial charge < -0.3 is 10.00 Å². The van der Waals surface area contributed by atoms with Crippen molar-refractivity contribution in [2.75, 3.05) is 13.1 Å². The SMILES string of the molecule is Cc1[nH][nH]c(=O)c1CC(=O)N1CC(c2ccccn2)C1. The third-order valence-corrected chi connectivity index (χ3v) is 3.76. The molecule has 2 aromatic rings. The molecule has 0 atom stereocenters. The van der Waals surface area contributed by atoms with Crippen LogP contribution in [0.2, 0.25) is 0 Å². The molecule has 0 aromatic carbocycles. The molecule has 3 heterocycles. The van der Waals surface area contributed by atoms with Gasteiger partial charge in [0.2, 0.25) is 5.91 Å². The summed E-state index contributed by atoms with van der Waals surface area (Å²) >= 11 is 0. The number of aromatic amines is 2. The Bertz CT molecular complexity index is 668. The van der Waals surface area contributed by atoms with Crippen molar-refractivity contribution >= 4 is 5.91 Å². The van der Waals surface area contributed by atoms with Crippen molar-refractivity contribution in [2.45, 2.75) is 19.3 Å². The van der Waals surface area contributed by atoms with Crippen molar-refractivity contribution in [3.8, 4) is 0 Å². The number of carbonyl (C=O) groups is 1. The van der Waals surface area contributed by atoms with Crippen LogP contribution in [0, 0.1) is 6.92 Å². The molecule has 0 aliphatic carbocycles. The first kappa shape index (κ1) is 12.7. The Labute approximate surface area is 115 Å². The van der Waals surface area contributed by atoms with Crippen LogP contribution in [-0.4, -0.2) is 39.1 Å². The summed E-state index contributed by atoms with van der Waals surface area (Å²) in [5.41, 5.74) is 2.06. The summed E-state index contributed by atoms with van der Waals surface area (Å²) in [6.45, 7) is 3.14. The zero-order valence-electron chi connectivity index (χ0n) is 11.2. The molecule has 0 saturated carbocycles. The minimum absolute atomic E-state index is 0.00891. The highest BCUT2D eigenvalue weighted by Gasteiger charge is 2.32. The van der Waals surface area contributed by atoms with Gasteiger partial charge in [-0.3, -0.25) is 19.7 Å². The number of amides is 1. The van der Waals surface area contributed by atoms with Gasteiger partial charge in [0.25, 0.3) is 5.56 Å². The Balaban J connectivity index is 1.60. The van der Waals surface area contributed by atoms with Gasteiger partial charge in [-0.2, -0.15) is 0 Å². The van der Waals surface area contributed by atoms with Crippen molar-refractivity contribution in [1.29, 1.82) is 0 Å². The molecular formula is C14H16N4O2. The lowest BCUT2D eigenvalue weighted by Gasteiger charge is -2.39. The van der Waals surface area contributed by atoms with E-state index < -0.39 is 0 Å². The van der Waals surface area contributed by atoms with Crippen LogP contribution >= 0.6 is 0 Å². The molecule has 2 aromatic heterocycles. The van der Waals surface area contributed by atoms with Gasteiger partial charge in [-0.05, 0) is 19.1 Å². The van der Waals surface area contributed by atoms with E-state index >= 15 is 0 Å². The average Bonchev–Trinajstić information content (AvgIpc) is 2.70. The predicted octanol–water partition coefficient (Wildman–Crippen LogP) is 0.575. The zero-order valence-corrected chi connectivity index (χ0v) is 11.2. The van der Waals surface area contributed by atoms with Crippen LogP contribution in [-0.2, 0) is 11.2 Å². The second kappa shape index (κ2) is 4.96. The number of likely N-dealkylation sites (tertiary alicyclic amines) is 1. The number of pyridine rings is 1. The summed E-state index contributed by atoms with van der Waals surface area (Å²) < 4.78 is 0. The second-order valence-electron chi connectivity index (χ2n) is 5.11. The highest BCUT2D eigenvalue weighted by atomic mass is 16.2. The highest BCUT2D eigenvalue weighted by molar-refractivity contribution is 5.80. The lowest BCUT2D eigenvalue weighted by atomic mass is 9.95. The Morgan fingerprint density at radius 2 is 2.20 bits per heavy atom. The Morgan fingerprint density at radius 3 is 2.80 bits per heavy atom. The molecule has 2 N–H and O–H groups in total. The lowest BCUT2D eigenvalue weighted by Crippen LogP contribution is -2.49. The maximum Gasteiger partial charge on any atom is 0.267 e. The fraction of sp³-hybridized carbons (Fsp3) is 0.357. The number of hydrogen-bond donors (Lipinski definition) is 2. The van der Waals surface area contributed by atoms with E-state index in [2.05, 4.69) is 15.2 Å². The van der Waals surface area contributed by atoms with E-state index in [4.69, 9.17) is 0 Å². The highest BCUT2D eigenvalue weighted by Crippen LogP contribution is 2.25. The van der Waals surface area contributed by atoms with Crippen LogP contribution in [0.3, 0.4) is 0 Å². The first-order chi connectivity index (χ1) is 9.65. The molecule has 6 nitrogen and oxygen atoms in total. The minimum atomic E-state index is -0.211. The number of H-pyrrole nitrogens is 2. The molecular weight excluding hydrogens is 256 g/mol. The molecule has 1 fully saturated rings. The number of aryl methyl sites for hydroxylation is 1. The lowest BCUT2D eigenvalue weighted by molar-refractivity contribution is -0.134. The Kier molecular flexibility index (Phi) is 3.14. The van der Waals surface area contributed by atoms with E-state index in [9.17, 15) is 9.59 Å². The summed E-state index contributed by atoms with van der Waals surface area (Å²) in [5.74, 6) is 0.302. The summed E-state index contributed by atoms with van der Waals surface area (Å²) in [6.07, 6.45) is 1.92. The fourth-order valence-corrected chi connectivity index (χ4v) is 2.43. The van der Waals surface area contributed by atoms with E-state index in [1.165, 1.54) is 0 Å². The quantitative estimate of drug-likeness (QED) is 0.857. The van der Waals surface area contributed by atoms with E-state index in [-0.39, 0.29) is 17.9 Å². The number of nitrogens with one attached hydrogen (secondary N) is 2. The van der Waals surface area contributed by atoms with Crippen molar-refractivity contribution in [2.24, 2.45) is 0 Å². The molecule has 3 rings (SSSR count).